The number of carbonyl (C=O) groups is 2. The predicted octanol–water partition coefficient (Wildman–Crippen LogP) is 5.04. The molecule has 1 N–H and O–H groups in total. The Morgan fingerprint density at radius 2 is 1.69 bits per heavy atom. The molecule has 160 valence electrons. The van der Waals surface area contributed by atoms with Crippen LogP contribution in [-0.2, 0) is 9.53 Å². The van der Waals surface area contributed by atoms with Crippen molar-refractivity contribution < 1.29 is 14.3 Å². The highest BCUT2D eigenvalue weighted by Crippen LogP contribution is 2.25. The summed E-state index contributed by atoms with van der Waals surface area (Å²) in [6.45, 7) is -0.524. The number of anilines is 1. The van der Waals surface area contributed by atoms with Crippen molar-refractivity contribution in [3.05, 3.63) is 94.7 Å². The molecular weight excluding hydrogens is 451 g/mol. The smallest absolute Gasteiger partial charge is 0.342 e. The molecule has 0 saturated carbocycles. The Hall–Kier alpha value is -3.68. The van der Waals surface area contributed by atoms with Crippen molar-refractivity contribution in [2.24, 2.45) is 0 Å². The molecule has 1 amide bonds. The number of hydrogen-bond donors (Lipinski definition) is 1. The fourth-order valence-electron chi connectivity index (χ4n) is 2.93. The number of amides is 1. The van der Waals surface area contributed by atoms with Gasteiger partial charge in [-0.05, 0) is 18.2 Å². The first kappa shape index (κ1) is 21.5. The van der Waals surface area contributed by atoms with Crippen molar-refractivity contribution in [2.45, 2.75) is 0 Å². The third-order valence-electron chi connectivity index (χ3n) is 4.40. The molecule has 0 fully saturated rings. The fourth-order valence-corrected chi connectivity index (χ4v) is 3.36. The van der Waals surface area contributed by atoms with E-state index in [1.54, 1.807) is 10.9 Å². The lowest BCUT2D eigenvalue weighted by atomic mass is 10.1. The molecule has 32 heavy (non-hydrogen) atoms. The van der Waals surface area contributed by atoms with E-state index in [-0.39, 0.29) is 16.4 Å². The lowest BCUT2D eigenvalue weighted by molar-refractivity contribution is -0.119. The van der Waals surface area contributed by atoms with Crippen LogP contribution in [0.3, 0.4) is 0 Å². The number of para-hydroxylation sites is 1. The monoisotopic (exact) mass is 466 g/mol. The number of nitrogens with zero attached hydrogens (tertiary/aromatic N) is 3. The van der Waals surface area contributed by atoms with Crippen molar-refractivity contribution in [3.63, 3.8) is 0 Å². The summed E-state index contributed by atoms with van der Waals surface area (Å²) in [6, 6.07) is 20.1. The summed E-state index contributed by atoms with van der Waals surface area (Å²) >= 11 is 11.8. The molecule has 2 aromatic heterocycles. The number of ether oxygens (including phenoxy) is 1. The lowest BCUT2D eigenvalue weighted by Gasteiger charge is -2.07. The third-order valence-corrected chi connectivity index (χ3v) is 4.90. The number of aromatic nitrogens is 3. The Morgan fingerprint density at radius 1 is 1.00 bits per heavy atom. The summed E-state index contributed by atoms with van der Waals surface area (Å²) in [5, 5.41) is 7.55. The van der Waals surface area contributed by atoms with Crippen LogP contribution in [0.1, 0.15) is 10.4 Å². The minimum absolute atomic E-state index is 0.124. The summed E-state index contributed by atoms with van der Waals surface area (Å²) in [4.78, 5) is 29.0. The van der Waals surface area contributed by atoms with E-state index < -0.39 is 18.5 Å². The average molecular weight is 467 g/mol. The molecule has 9 heteroatoms. The highest BCUT2D eigenvalue weighted by Gasteiger charge is 2.21. The number of halogens is 2. The second kappa shape index (κ2) is 9.64. The molecule has 0 unspecified atom stereocenters. The average Bonchev–Trinajstić information content (AvgIpc) is 3.26. The summed E-state index contributed by atoms with van der Waals surface area (Å²) in [7, 11) is 0. The maximum atomic E-state index is 12.8. The van der Waals surface area contributed by atoms with Gasteiger partial charge in [-0.1, -0.05) is 71.7 Å². The molecule has 2 heterocycles. The van der Waals surface area contributed by atoms with Crippen LogP contribution < -0.4 is 5.32 Å². The SMILES string of the molecule is O=C(COC(=O)c1cn(-c2ccccc2)nc1-c1ccccc1)Nc1ncc(Cl)cc1Cl. The van der Waals surface area contributed by atoms with Crippen LogP contribution in [0.25, 0.3) is 16.9 Å². The van der Waals surface area contributed by atoms with Crippen LogP contribution in [0.4, 0.5) is 5.82 Å². The fraction of sp³-hybridized carbons (Fsp3) is 0.0435. The molecule has 0 aliphatic rings. The Bertz CT molecular complexity index is 1260. The van der Waals surface area contributed by atoms with Gasteiger partial charge in [-0.25, -0.2) is 14.5 Å². The van der Waals surface area contributed by atoms with Crippen molar-refractivity contribution in [3.8, 4) is 16.9 Å². The standard InChI is InChI=1S/C23H16Cl2N4O3/c24-16-11-19(25)22(26-12-16)27-20(30)14-32-23(31)18-13-29(17-9-5-2-6-10-17)28-21(18)15-7-3-1-4-8-15/h1-13H,14H2,(H,26,27,30). The van der Waals surface area contributed by atoms with Gasteiger partial charge in [-0.15, -0.1) is 0 Å². The Morgan fingerprint density at radius 3 is 2.38 bits per heavy atom. The zero-order valence-electron chi connectivity index (χ0n) is 16.5. The van der Waals surface area contributed by atoms with Crippen molar-refractivity contribution >= 4 is 40.9 Å². The molecule has 4 rings (SSSR count). The van der Waals surface area contributed by atoms with E-state index in [9.17, 15) is 9.59 Å². The van der Waals surface area contributed by atoms with Gasteiger partial charge in [0, 0.05) is 18.0 Å². The van der Waals surface area contributed by atoms with E-state index >= 15 is 0 Å². The number of benzene rings is 2. The quantitative estimate of drug-likeness (QED) is 0.402. The van der Waals surface area contributed by atoms with Crippen molar-refractivity contribution in [2.75, 3.05) is 11.9 Å². The van der Waals surface area contributed by atoms with Crippen LogP contribution in [0.2, 0.25) is 10.0 Å². The van der Waals surface area contributed by atoms with Crippen LogP contribution >= 0.6 is 23.2 Å². The van der Waals surface area contributed by atoms with E-state index in [0.29, 0.717) is 10.7 Å². The van der Waals surface area contributed by atoms with Gasteiger partial charge in [0.25, 0.3) is 5.91 Å². The van der Waals surface area contributed by atoms with Crippen LogP contribution in [0.5, 0.6) is 0 Å². The second-order valence-corrected chi connectivity index (χ2v) is 7.49. The first-order valence-electron chi connectivity index (χ1n) is 9.50. The Kier molecular flexibility index (Phi) is 6.49. The van der Waals surface area contributed by atoms with Crippen LogP contribution in [0.15, 0.2) is 79.1 Å². The van der Waals surface area contributed by atoms with Gasteiger partial charge in [-0.3, -0.25) is 4.79 Å². The summed E-state index contributed by atoms with van der Waals surface area (Å²) in [6.07, 6.45) is 2.93. The lowest BCUT2D eigenvalue weighted by Crippen LogP contribution is -2.21. The van der Waals surface area contributed by atoms with E-state index in [4.69, 9.17) is 27.9 Å². The highest BCUT2D eigenvalue weighted by molar-refractivity contribution is 6.36. The number of nitrogens with one attached hydrogen (secondary N) is 1. The number of esters is 1. The number of carbonyl (C=O) groups excluding carboxylic acids is 2. The first-order chi connectivity index (χ1) is 15.5. The minimum Gasteiger partial charge on any atom is -0.452 e. The van der Waals surface area contributed by atoms with Gasteiger partial charge in [0.1, 0.15) is 11.3 Å². The molecule has 2 aromatic carbocycles. The highest BCUT2D eigenvalue weighted by atomic mass is 35.5. The summed E-state index contributed by atoms with van der Waals surface area (Å²) in [5.41, 5.74) is 2.21. The van der Waals surface area contributed by atoms with E-state index in [1.807, 2.05) is 60.7 Å². The molecule has 0 aliphatic heterocycles. The van der Waals surface area contributed by atoms with Gasteiger partial charge in [-0.2, -0.15) is 5.10 Å². The van der Waals surface area contributed by atoms with Gasteiger partial charge in [0.15, 0.2) is 12.4 Å². The van der Waals surface area contributed by atoms with Gasteiger partial charge < -0.3 is 10.1 Å². The largest absolute Gasteiger partial charge is 0.452 e. The third kappa shape index (κ3) is 4.96. The summed E-state index contributed by atoms with van der Waals surface area (Å²) < 4.78 is 6.83. The van der Waals surface area contributed by atoms with Crippen molar-refractivity contribution in [1.82, 2.24) is 14.8 Å². The van der Waals surface area contributed by atoms with E-state index in [2.05, 4.69) is 15.4 Å². The Balaban J connectivity index is 1.53. The van der Waals surface area contributed by atoms with Gasteiger partial charge in [0.05, 0.1) is 15.7 Å². The number of rotatable bonds is 6. The number of hydrogen-bond acceptors (Lipinski definition) is 5. The summed E-state index contributed by atoms with van der Waals surface area (Å²) in [5.74, 6) is -1.15. The maximum Gasteiger partial charge on any atom is 0.342 e. The van der Waals surface area contributed by atoms with Gasteiger partial charge >= 0.3 is 5.97 Å². The zero-order valence-corrected chi connectivity index (χ0v) is 18.0. The molecule has 0 aliphatic carbocycles. The molecule has 0 bridgehead atoms. The first-order valence-corrected chi connectivity index (χ1v) is 10.3. The second-order valence-electron chi connectivity index (χ2n) is 6.65. The minimum atomic E-state index is -0.684. The normalized spacial score (nSPS) is 10.6. The molecule has 0 spiro atoms. The number of pyridine rings is 1. The molecule has 0 saturated heterocycles. The van der Waals surface area contributed by atoms with Gasteiger partial charge in [0.2, 0.25) is 0 Å². The van der Waals surface area contributed by atoms with Crippen LogP contribution in [0, 0.1) is 0 Å². The predicted molar refractivity (Wildman–Crippen MR) is 122 cm³/mol. The maximum absolute atomic E-state index is 12.8. The topological polar surface area (TPSA) is 86.1 Å². The Labute approximate surface area is 193 Å². The van der Waals surface area contributed by atoms with Crippen molar-refractivity contribution in [1.29, 1.82) is 0 Å². The van der Waals surface area contributed by atoms with E-state index in [0.717, 1.165) is 11.3 Å². The molecule has 0 radical (unpaired) electrons. The molecule has 7 nitrogen and oxygen atoms in total. The molecule has 4 aromatic rings. The van der Waals surface area contributed by atoms with E-state index in [1.165, 1.54) is 12.3 Å². The molecule has 0 atom stereocenters. The zero-order chi connectivity index (χ0) is 22.5. The molecular formula is C23H16Cl2N4O3. The van der Waals surface area contributed by atoms with Crippen LogP contribution in [-0.4, -0.2) is 33.2 Å².